The fourth-order valence-electron chi connectivity index (χ4n) is 5.08. The predicted octanol–water partition coefficient (Wildman–Crippen LogP) is 4.64. The summed E-state index contributed by atoms with van der Waals surface area (Å²) in [5.41, 5.74) is 5.94. The third-order valence-corrected chi connectivity index (χ3v) is 5.99. The topological polar surface area (TPSA) is 9.23 Å². The number of fused-ring (bicyclic) bond motifs is 3. The van der Waals surface area contributed by atoms with Gasteiger partial charge in [0.05, 0.1) is 7.11 Å². The third-order valence-electron chi connectivity index (χ3n) is 5.99. The van der Waals surface area contributed by atoms with Crippen LogP contribution in [0.25, 0.3) is 0 Å². The molecular weight excluding hydrogens is 232 g/mol. The second-order valence-corrected chi connectivity index (χ2v) is 7.16. The van der Waals surface area contributed by atoms with E-state index in [-0.39, 0.29) is 0 Å². The van der Waals surface area contributed by atoms with E-state index in [4.69, 9.17) is 4.74 Å². The van der Waals surface area contributed by atoms with Crippen LogP contribution in [0.5, 0.6) is 5.75 Å². The summed E-state index contributed by atoms with van der Waals surface area (Å²) in [5, 5.41) is 0. The highest BCUT2D eigenvalue weighted by atomic mass is 16.5. The van der Waals surface area contributed by atoms with Crippen molar-refractivity contribution in [1.82, 2.24) is 0 Å². The predicted molar refractivity (Wildman–Crippen MR) is 78.0 cm³/mol. The van der Waals surface area contributed by atoms with Gasteiger partial charge in [0.15, 0.2) is 0 Å². The van der Waals surface area contributed by atoms with Crippen LogP contribution >= 0.6 is 0 Å². The van der Waals surface area contributed by atoms with E-state index in [1.807, 2.05) is 0 Å². The molecule has 0 saturated heterocycles. The highest BCUT2D eigenvalue weighted by molar-refractivity contribution is 5.56. The fourth-order valence-corrected chi connectivity index (χ4v) is 5.08. The minimum atomic E-state index is 0.503. The Morgan fingerprint density at radius 1 is 0.947 bits per heavy atom. The Morgan fingerprint density at radius 2 is 1.68 bits per heavy atom. The molecule has 3 aliphatic carbocycles. The van der Waals surface area contributed by atoms with E-state index in [1.54, 1.807) is 18.2 Å². The van der Waals surface area contributed by atoms with Crippen LogP contribution in [0.4, 0.5) is 0 Å². The van der Waals surface area contributed by atoms with Crippen molar-refractivity contribution in [2.75, 3.05) is 7.11 Å². The van der Waals surface area contributed by atoms with Crippen LogP contribution in [0.3, 0.4) is 0 Å². The van der Waals surface area contributed by atoms with Gasteiger partial charge in [-0.1, -0.05) is 19.3 Å². The second kappa shape index (κ2) is 3.77. The molecule has 2 fully saturated rings. The van der Waals surface area contributed by atoms with Gasteiger partial charge >= 0.3 is 0 Å². The van der Waals surface area contributed by atoms with Crippen molar-refractivity contribution in [3.8, 4) is 5.75 Å². The van der Waals surface area contributed by atoms with Crippen LogP contribution in [0, 0.1) is 6.92 Å². The van der Waals surface area contributed by atoms with Gasteiger partial charge in [0.2, 0.25) is 0 Å². The van der Waals surface area contributed by atoms with Crippen LogP contribution in [-0.2, 0) is 10.8 Å². The van der Waals surface area contributed by atoms with E-state index in [0.29, 0.717) is 10.8 Å². The quantitative estimate of drug-likeness (QED) is 0.711. The SMILES string of the molecule is COc1cc(C)c2c(c1)C1(CCCCC1)CC21CC1. The Balaban J connectivity index is 1.90. The first-order chi connectivity index (χ1) is 9.19. The van der Waals surface area contributed by atoms with Crippen molar-refractivity contribution in [2.45, 2.75) is 69.1 Å². The zero-order chi connectivity index (χ0) is 13.1. The largest absolute Gasteiger partial charge is 0.497 e. The first-order valence-corrected chi connectivity index (χ1v) is 7.89. The van der Waals surface area contributed by atoms with E-state index < -0.39 is 0 Å². The minimum absolute atomic E-state index is 0.503. The lowest BCUT2D eigenvalue weighted by Gasteiger charge is -2.35. The summed E-state index contributed by atoms with van der Waals surface area (Å²) in [6, 6.07) is 4.63. The van der Waals surface area contributed by atoms with Gasteiger partial charge in [-0.2, -0.15) is 0 Å². The molecule has 4 rings (SSSR count). The van der Waals surface area contributed by atoms with Crippen molar-refractivity contribution < 1.29 is 4.74 Å². The van der Waals surface area contributed by atoms with Gasteiger partial charge < -0.3 is 4.74 Å². The van der Waals surface area contributed by atoms with E-state index in [9.17, 15) is 0 Å². The number of rotatable bonds is 1. The number of methoxy groups -OCH3 is 1. The smallest absolute Gasteiger partial charge is 0.119 e. The Hall–Kier alpha value is -0.980. The molecule has 0 amide bonds. The molecule has 1 heteroatoms. The molecular formula is C18H24O. The second-order valence-electron chi connectivity index (χ2n) is 7.16. The third kappa shape index (κ3) is 1.53. The highest BCUT2D eigenvalue weighted by Crippen LogP contribution is 2.66. The lowest BCUT2D eigenvalue weighted by Crippen LogP contribution is -2.27. The van der Waals surface area contributed by atoms with E-state index in [1.165, 1.54) is 56.9 Å². The highest BCUT2D eigenvalue weighted by Gasteiger charge is 2.58. The van der Waals surface area contributed by atoms with Gasteiger partial charge in [-0.25, -0.2) is 0 Å². The van der Waals surface area contributed by atoms with Gasteiger partial charge in [0, 0.05) is 0 Å². The number of hydrogen-bond acceptors (Lipinski definition) is 1. The molecule has 2 spiro atoms. The van der Waals surface area contributed by atoms with Gasteiger partial charge in [-0.3, -0.25) is 0 Å². The minimum Gasteiger partial charge on any atom is -0.497 e. The molecule has 3 aliphatic rings. The van der Waals surface area contributed by atoms with Crippen molar-refractivity contribution in [3.05, 3.63) is 28.8 Å². The molecule has 0 atom stereocenters. The molecule has 0 bridgehead atoms. The van der Waals surface area contributed by atoms with Crippen molar-refractivity contribution in [3.63, 3.8) is 0 Å². The first kappa shape index (κ1) is 11.8. The summed E-state index contributed by atoms with van der Waals surface area (Å²) in [6.07, 6.45) is 11.4. The monoisotopic (exact) mass is 256 g/mol. The van der Waals surface area contributed by atoms with Crippen molar-refractivity contribution in [1.29, 1.82) is 0 Å². The molecule has 0 aliphatic heterocycles. The average Bonchev–Trinajstić information content (AvgIpc) is 3.13. The van der Waals surface area contributed by atoms with Crippen molar-refractivity contribution >= 4 is 0 Å². The maximum absolute atomic E-state index is 5.54. The van der Waals surface area contributed by atoms with Crippen molar-refractivity contribution in [2.24, 2.45) is 0 Å². The Morgan fingerprint density at radius 3 is 2.32 bits per heavy atom. The average molecular weight is 256 g/mol. The lowest BCUT2D eigenvalue weighted by molar-refractivity contribution is 0.275. The van der Waals surface area contributed by atoms with Gasteiger partial charge in [-0.05, 0) is 78.7 Å². The van der Waals surface area contributed by atoms with Gasteiger partial charge in [0.1, 0.15) is 5.75 Å². The van der Waals surface area contributed by atoms with Crippen LogP contribution < -0.4 is 4.74 Å². The molecule has 1 aromatic carbocycles. The molecule has 0 unspecified atom stereocenters. The Bertz CT molecular complexity index is 519. The molecule has 0 radical (unpaired) electrons. The molecule has 0 aromatic heterocycles. The maximum atomic E-state index is 5.54. The zero-order valence-corrected chi connectivity index (χ0v) is 12.2. The van der Waals surface area contributed by atoms with Crippen LogP contribution in [0.1, 0.15) is 68.1 Å². The molecule has 1 nitrogen and oxygen atoms in total. The summed E-state index contributed by atoms with van der Waals surface area (Å²) in [7, 11) is 1.80. The molecule has 1 aromatic rings. The van der Waals surface area contributed by atoms with Crippen LogP contribution in [0.15, 0.2) is 12.1 Å². The maximum Gasteiger partial charge on any atom is 0.119 e. The van der Waals surface area contributed by atoms with E-state index in [2.05, 4.69) is 19.1 Å². The van der Waals surface area contributed by atoms with E-state index in [0.717, 1.165) is 5.75 Å². The molecule has 0 N–H and O–H groups in total. The Kier molecular flexibility index (Phi) is 2.35. The Labute approximate surface area is 116 Å². The van der Waals surface area contributed by atoms with E-state index >= 15 is 0 Å². The van der Waals surface area contributed by atoms with Crippen LogP contribution in [-0.4, -0.2) is 7.11 Å². The summed E-state index contributed by atoms with van der Waals surface area (Å²) in [5.74, 6) is 1.07. The standard InChI is InChI=1S/C18H24O/c1-13-10-14(19-2)11-15-16(13)18(8-9-18)12-17(15)6-4-3-5-7-17/h10-11H,3-9,12H2,1-2H3. The van der Waals surface area contributed by atoms with Gasteiger partial charge in [-0.15, -0.1) is 0 Å². The fraction of sp³-hybridized carbons (Fsp3) is 0.667. The first-order valence-electron chi connectivity index (χ1n) is 7.89. The molecule has 19 heavy (non-hydrogen) atoms. The summed E-state index contributed by atoms with van der Waals surface area (Å²) in [4.78, 5) is 0. The normalized spacial score (nSPS) is 25.6. The number of ether oxygens (including phenoxy) is 1. The molecule has 102 valence electrons. The number of aryl methyl sites for hydroxylation is 1. The summed E-state index contributed by atoms with van der Waals surface area (Å²) < 4.78 is 5.54. The lowest BCUT2D eigenvalue weighted by atomic mass is 9.69. The molecule has 2 saturated carbocycles. The van der Waals surface area contributed by atoms with Gasteiger partial charge in [0.25, 0.3) is 0 Å². The van der Waals surface area contributed by atoms with Crippen LogP contribution in [0.2, 0.25) is 0 Å². The number of benzene rings is 1. The summed E-state index contributed by atoms with van der Waals surface area (Å²) in [6.45, 7) is 2.29. The number of hydrogen-bond donors (Lipinski definition) is 0. The zero-order valence-electron chi connectivity index (χ0n) is 12.2. The summed E-state index contributed by atoms with van der Waals surface area (Å²) >= 11 is 0. The molecule has 0 heterocycles.